The summed E-state index contributed by atoms with van der Waals surface area (Å²) < 4.78 is 40.8. The third-order valence-corrected chi connectivity index (χ3v) is 6.25. The number of methoxy groups -OCH3 is 2. The second-order valence-corrected chi connectivity index (χ2v) is 9.11. The number of hydrogen-bond donors (Lipinski definition) is 1. The third-order valence-electron chi connectivity index (χ3n) is 5.03. The molecule has 3 aromatic rings. The highest BCUT2D eigenvalue weighted by molar-refractivity contribution is 7.89. The van der Waals surface area contributed by atoms with Crippen LogP contribution in [0, 0.1) is 17.0 Å². The third kappa shape index (κ3) is 6.36. The van der Waals surface area contributed by atoms with E-state index in [1.165, 1.54) is 39.5 Å². The molecule has 0 spiro atoms. The standard InChI is InChI=1S/C24H23N3O8S/c1-16-4-10-20(13-21(16)27(29)30)36(31,32)26-25-14-18-7-11-22(23(12-18)33-2)35-15-17-5-8-19(9-6-17)24(28)34-3/h4-14,26H,15H2,1-3H3. The zero-order valence-corrected chi connectivity index (χ0v) is 20.4. The molecule has 0 aromatic heterocycles. The molecule has 0 aliphatic carbocycles. The molecule has 3 aromatic carbocycles. The molecule has 0 atom stereocenters. The topological polar surface area (TPSA) is 146 Å². The van der Waals surface area contributed by atoms with Gasteiger partial charge < -0.3 is 14.2 Å². The molecule has 3 rings (SSSR count). The summed E-state index contributed by atoms with van der Waals surface area (Å²) in [5, 5.41) is 14.8. The van der Waals surface area contributed by atoms with Gasteiger partial charge in [-0.25, -0.2) is 9.63 Å². The predicted octanol–water partition coefficient (Wildman–Crippen LogP) is 3.59. The average Bonchev–Trinajstić information content (AvgIpc) is 2.87. The number of carbonyl (C=O) groups excluding carboxylic acids is 1. The fourth-order valence-electron chi connectivity index (χ4n) is 3.08. The van der Waals surface area contributed by atoms with Gasteiger partial charge in [0, 0.05) is 11.6 Å². The van der Waals surface area contributed by atoms with E-state index < -0.39 is 20.9 Å². The molecule has 0 bridgehead atoms. The van der Waals surface area contributed by atoms with Crippen LogP contribution in [0.2, 0.25) is 0 Å². The Bertz CT molecular complexity index is 1400. The number of esters is 1. The molecule has 1 N–H and O–H groups in total. The number of hydrogen-bond acceptors (Lipinski definition) is 9. The summed E-state index contributed by atoms with van der Waals surface area (Å²) in [6.45, 7) is 1.73. The number of ether oxygens (including phenoxy) is 3. The van der Waals surface area contributed by atoms with Crippen LogP contribution in [0.4, 0.5) is 5.69 Å². The number of nitrogens with one attached hydrogen (secondary N) is 1. The Morgan fingerprint density at radius 1 is 1.06 bits per heavy atom. The van der Waals surface area contributed by atoms with Gasteiger partial charge in [-0.2, -0.15) is 13.5 Å². The molecule has 11 nitrogen and oxygen atoms in total. The molecule has 0 heterocycles. The van der Waals surface area contributed by atoms with Gasteiger partial charge in [0.25, 0.3) is 15.7 Å². The fourth-order valence-corrected chi connectivity index (χ4v) is 3.89. The minimum Gasteiger partial charge on any atom is -0.493 e. The van der Waals surface area contributed by atoms with Crippen molar-refractivity contribution in [2.45, 2.75) is 18.4 Å². The number of nitrogens with zero attached hydrogens (tertiary/aromatic N) is 2. The van der Waals surface area contributed by atoms with E-state index in [2.05, 4.69) is 9.84 Å². The summed E-state index contributed by atoms with van der Waals surface area (Å²) in [6.07, 6.45) is 1.26. The second-order valence-electron chi connectivity index (χ2n) is 7.45. The van der Waals surface area contributed by atoms with Crippen molar-refractivity contribution in [3.8, 4) is 11.5 Å². The summed E-state index contributed by atoms with van der Waals surface area (Å²) in [5.74, 6) is 0.408. The molecule has 0 saturated carbocycles. The summed E-state index contributed by atoms with van der Waals surface area (Å²) in [6, 6.07) is 15.2. The number of nitro groups is 1. The van der Waals surface area contributed by atoms with E-state index in [1.807, 2.05) is 4.83 Å². The lowest BCUT2D eigenvalue weighted by Gasteiger charge is -2.11. The van der Waals surface area contributed by atoms with E-state index in [0.29, 0.717) is 28.2 Å². The van der Waals surface area contributed by atoms with Crippen LogP contribution in [0.3, 0.4) is 0 Å². The lowest BCUT2D eigenvalue weighted by Crippen LogP contribution is -2.18. The molecule has 0 unspecified atom stereocenters. The maximum atomic E-state index is 12.5. The van der Waals surface area contributed by atoms with Gasteiger partial charge in [0.15, 0.2) is 11.5 Å². The van der Waals surface area contributed by atoms with Crippen LogP contribution < -0.4 is 14.3 Å². The van der Waals surface area contributed by atoms with Crippen molar-refractivity contribution >= 4 is 27.9 Å². The quantitative estimate of drug-likeness (QED) is 0.187. The molecule has 0 amide bonds. The van der Waals surface area contributed by atoms with E-state index in [9.17, 15) is 23.3 Å². The Balaban J connectivity index is 1.67. The van der Waals surface area contributed by atoms with Crippen LogP contribution in [0.5, 0.6) is 11.5 Å². The van der Waals surface area contributed by atoms with Crippen molar-refractivity contribution in [1.29, 1.82) is 0 Å². The van der Waals surface area contributed by atoms with Crippen molar-refractivity contribution < 1.29 is 32.3 Å². The maximum Gasteiger partial charge on any atom is 0.337 e. The number of aryl methyl sites for hydroxylation is 1. The van der Waals surface area contributed by atoms with Crippen LogP contribution in [0.15, 0.2) is 70.7 Å². The molecule has 36 heavy (non-hydrogen) atoms. The zero-order valence-electron chi connectivity index (χ0n) is 19.6. The lowest BCUT2D eigenvalue weighted by molar-refractivity contribution is -0.385. The fraction of sp³-hybridized carbons (Fsp3) is 0.167. The predicted molar refractivity (Wildman–Crippen MR) is 131 cm³/mol. The van der Waals surface area contributed by atoms with Gasteiger partial charge >= 0.3 is 5.97 Å². The molecule has 0 saturated heterocycles. The number of carbonyl (C=O) groups is 1. The smallest absolute Gasteiger partial charge is 0.337 e. The number of nitro benzene ring substituents is 1. The van der Waals surface area contributed by atoms with Crippen molar-refractivity contribution in [2.75, 3.05) is 14.2 Å². The zero-order chi connectivity index (χ0) is 26.3. The molecule has 0 radical (unpaired) electrons. The monoisotopic (exact) mass is 513 g/mol. The highest BCUT2D eigenvalue weighted by Crippen LogP contribution is 2.28. The Morgan fingerprint density at radius 2 is 1.78 bits per heavy atom. The van der Waals surface area contributed by atoms with Gasteiger partial charge in [-0.15, -0.1) is 0 Å². The summed E-state index contributed by atoms with van der Waals surface area (Å²) in [5.41, 5.74) is 1.80. The highest BCUT2D eigenvalue weighted by atomic mass is 32.2. The van der Waals surface area contributed by atoms with Crippen LogP contribution in [-0.2, 0) is 21.4 Å². The van der Waals surface area contributed by atoms with Gasteiger partial charge in [0.2, 0.25) is 0 Å². The molecule has 12 heteroatoms. The van der Waals surface area contributed by atoms with Crippen LogP contribution in [-0.4, -0.2) is 39.7 Å². The lowest BCUT2D eigenvalue weighted by atomic mass is 10.1. The van der Waals surface area contributed by atoms with Crippen LogP contribution in [0.1, 0.15) is 27.0 Å². The molecular weight excluding hydrogens is 490 g/mol. The number of hydrazone groups is 1. The number of sulfonamides is 1. The normalized spacial score (nSPS) is 11.2. The molecule has 0 fully saturated rings. The van der Waals surface area contributed by atoms with Crippen molar-refractivity contribution in [3.63, 3.8) is 0 Å². The largest absolute Gasteiger partial charge is 0.493 e. The van der Waals surface area contributed by atoms with Gasteiger partial charge in [0.1, 0.15) is 6.61 Å². The first kappa shape index (κ1) is 26.2. The van der Waals surface area contributed by atoms with Crippen LogP contribution in [0.25, 0.3) is 0 Å². The Labute approximate surface area is 207 Å². The van der Waals surface area contributed by atoms with Gasteiger partial charge in [-0.05, 0) is 54.4 Å². The van der Waals surface area contributed by atoms with E-state index in [1.54, 1.807) is 42.5 Å². The molecule has 188 valence electrons. The van der Waals surface area contributed by atoms with E-state index in [4.69, 9.17) is 9.47 Å². The minimum absolute atomic E-state index is 0.216. The Morgan fingerprint density at radius 3 is 2.42 bits per heavy atom. The average molecular weight is 514 g/mol. The number of rotatable bonds is 10. The first-order valence-electron chi connectivity index (χ1n) is 10.4. The molecule has 0 aliphatic rings. The SMILES string of the molecule is COC(=O)c1ccc(COc2ccc(C=NNS(=O)(=O)c3ccc(C)c([N+](=O)[O-])c3)cc2OC)cc1. The van der Waals surface area contributed by atoms with Crippen molar-refractivity contribution in [2.24, 2.45) is 5.10 Å². The molecule has 0 aliphatic heterocycles. The maximum absolute atomic E-state index is 12.5. The second kappa shape index (κ2) is 11.3. The highest BCUT2D eigenvalue weighted by Gasteiger charge is 2.19. The van der Waals surface area contributed by atoms with Gasteiger partial charge in [0.05, 0.1) is 35.8 Å². The summed E-state index contributed by atoms with van der Waals surface area (Å²) >= 11 is 0. The van der Waals surface area contributed by atoms with Gasteiger partial charge in [-0.1, -0.05) is 18.2 Å². The first-order valence-corrected chi connectivity index (χ1v) is 11.9. The van der Waals surface area contributed by atoms with Gasteiger partial charge in [-0.3, -0.25) is 10.1 Å². The van der Waals surface area contributed by atoms with E-state index in [-0.39, 0.29) is 17.2 Å². The summed E-state index contributed by atoms with van der Waals surface area (Å²) in [4.78, 5) is 23.7. The summed E-state index contributed by atoms with van der Waals surface area (Å²) in [7, 11) is -1.34. The van der Waals surface area contributed by atoms with Crippen LogP contribution >= 0.6 is 0 Å². The van der Waals surface area contributed by atoms with Crippen molar-refractivity contribution in [3.05, 3.63) is 93.0 Å². The Hall–Kier alpha value is -4.45. The number of benzene rings is 3. The Kier molecular flexibility index (Phi) is 8.22. The van der Waals surface area contributed by atoms with E-state index >= 15 is 0 Å². The van der Waals surface area contributed by atoms with Crippen molar-refractivity contribution in [1.82, 2.24) is 4.83 Å². The molecular formula is C24H23N3O8S. The van der Waals surface area contributed by atoms with E-state index in [0.717, 1.165) is 11.6 Å². The minimum atomic E-state index is -4.11. The first-order chi connectivity index (χ1) is 17.1.